The zero-order valence-corrected chi connectivity index (χ0v) is 16.1. The van der Waals surface area contributed by atoms with Crippen LogP contribution >= 0.6 is 0 Å². The van der Waals surface area contributed by atoms with Crippen molar-refractivity contribution in [2.24, 2.45) is 11.8 Å². The molecule has 1 aliphatic rings. The molecule has 0 bridgehead atoms. The number of aliphatic hydroxyl groups is 1. The predicted molar refractivity (Wildman–Crippen MR) is 100.0 cm³/mol. The summed E-state index contributed by atoms with van der Waals surface area (Å²) >= 11 is 0. The number of pyridine rings is 1. The molecule has 2 N–H and O–H groups in total. The van der Waals surface area contributed by atoms with Gasteiger partial charge in [-0.15, -0.1) is 0 Å². The molecule has 5 nitrogen and oxygen atoms in total. The van der Waals surface area contributed by atoms with Crippen LogP contribution in [0.1, 0.15) is 55.1 Å². The number of aliphatic hydroxyl groups excluding tert-OH is 1. The fourth-order valence-electron chi connectivity index (χ4n) is 3.30. The molecule has 156 valence electrons. The van der Waals surface area contributed by atoms with Crippen LogP contribution in [0.4, 0.5) is 13.2 Å². The first-order valence-electron chi connectivity index (χ1n) is 9.49. The van der Waals surface area contributed by atoms with E-state index in [4.69, 9.17) is 4.74 Å². The number of carbonyl (C=O) groups excluding carboxylic acids is 1. The van der Waals surface area contributed by atoms with E-state index in [2.05, 4.69) is 10.3 Å². The van der Waals surface area contributed by atoms with Crippen LogP contribution in [-0.4, -0.2) is 41.9 Å². The summed E-state index contributed by atoms with van der Waals surface area (Å²) in [5.41, 5.74) is 0.825. The van der Waals surface area contributed by atoms with E-state index in [0.29, 0.717) is 30.6 Å². The Hall–Kier alpha value is -2.09. The first kappa shape index (κ1) is 22.2. The van der Waals surface area contributed by atoms with Crippen molar-refractivity contribution in [1.82, 2.24) is 10.3 Å². The molecule has 1 aromatic rings. The lowest BCUT2D eigenvalue weighted by atomic mass is 9.81. The van der Waals surface area contributed by atoms with Crippen molar-refractivity contribution >= 4 is 12.0 Å². The minimum atomic E-state index is -4.11. The molecule has 0 aromatic carbocycles. The van der Waals surface area contributed by atoms with Crippen LogP contribution in [0.3, 0.4) is 0 Å². The normalized spacial score (nSPS) is 21.5. The largest absolute Gasteiger partial charge is 0.495 e. The van der Waals surface area contributed by atoms with E-state index in [1.165, 1.54) is 13.3 Å². The Balaban J connectivity index is 2.08. The Morgan fingerprint density at radius 1 is 1.39 bits per heavy atom. The standard InChI is InChI=1S/C20H27F3N2O3/c1-3-16(12-26)25-19(27)17-10-14(18(28-2)11-24-17)7-4-13-5-8-15(9-6-13)20(21,22)23/h4,7,10-11,13,15-16,26H,3,5-6,8-9,12H2,1-2H3,(H,25,27)/b7-4+. The summed E-state index contributed by atoms with van der Waals surface area (Å²) in [5, 5.41) is 11.9. The van der Waals surface area contributed by atoms with Gasteiger partial charge in [0, 0.05) is 5.56 Å². The number of rotatable bonds is 7. The van der Waals surface area contributed by atoms with Gasteiger partial charge in [-0.05, 0) is 44.1 Å². The van der Waals surface area contributed by atoms with Crippen molar-refractivity contribution in [3.05, 3.63) is 29.6 Å². The maximum absolute atomic E-state index is 12.8. The number of hydrogen-bond acceptors (Lipinski definition) is 4. The number of halogens is 3. The zero-order chi connectivity index (χ0) is 20.7. The van der Waals surface area contributed by atoms with Gasteiger partial charge in [0.15, 0.2) is 0 Å². The molecular weight excluding hydrogens is 373 g/mol. The number of methoxy groups -OCH3 is 1. The Morgan fingerprint density at radius 3 is 2.61 bits per heavy atom. The second-order valence-corrected chi connectivity index (χ2v) is 7.09. The average molecular weight is 400 g/mol. The summed E-state index contributed by atoms with van der Waals surface area (Å²) < 4.78 is 43.6. The van der Waals surface area contributed by atoms with Crippen molar-refractivity contribution in [1.29, 1.82) is 0 Å². The van der Waals surface area contributed by atoms with Crippen molar-refractivity contribution in [2.75, 3.05) is 13.7 Å². The fraction of sp³-hybridized carbons (Fsp3) is 0.600. The Labute approximate surface area is 163 Å². The molecule has 0 saturated heterocycles. The van der Waals surface area contributed by atoms with Crippen LogP contribution in [0.2, 0.25) is 0 Å². The van der Waals surface area contributed by atoms with Gasteiger partial charge in [-0.25, -0.2) is 4.98 Å². The predicted octanol–water partition coefficient (Wildman–Crippen LogP) is 3.97. The average Bonchev–Trinajstić information content (AvgIpc) is 2.69. The molecule has 1 saturated carbocycles. The number of allylic oxidation sites excluding steroid dienone is 1. The third kappa shape index (κ3) is 5.95. The van der Waals surface area contributed by atoms with Crippen LogP contribution in [0, 0.1) is 11.8 Å². The molecule has 28 heavy (non-hydrogen) atoms. The number of ether oxygens (including phenoxy) is 1. The summed E-state index contributed by atoms with van der Waals surface area (Å²) in [4.78, 5) is 16.4. The van der Waals surface area contributed by atoms with E-state index in [9.17, 15) is 23.1 Å². The number of alkyl halides is 3. The van der Waals surface area contributed by atoms with E-state index in [1.54, 1.807) is 12.1 Å². The summed E-state index contributed by atoms with van der Waals surface area (Å²) in [6, 6.07) is 1.23. The topological polar surface area (TPSA) is 71.5 Å². The van der Waals surface area contributed by atoms with Crippen molar-refractivity contribution in [3.8, 4) is 5.75 Å². The number of aromatic nitrogens is 1. The Bertz CT molecular complexity index is 680. The molecular formula is C20H27F3N2O3. The van der Waals surface area contributed by atoms with E-state index in [-0.39, 0.29) is 37.1 Å². The molecule has 1 unspecified atom stereocenters. The quantitative estimate of drug-likeness (QED) is 0.727. The molecule has 0 aliphatic heterocycles. The van der Waals surface area contributed by atoms with Crippen LogP contribution in [0.25, 0.3) is 6.08 Å². The molecule has 1 amide bonds. The summed E-state index contributed by atoms with van der Waals surface area (Å²) in [7, 11) is 1.49. The van der Waals surface area contributed by atoms with Gasteiger partial charge in [0.2, 0.25) is 0 Å². The van der Waals surface area contributed by atoms with Crippen LogP contribution in [0.5, 0.6) is 5.75 Å². The molecule has 0 radical (unpaired) electrons. The van der Waals surface area contributed by atoms with E-state index >= 15 is 0 Å². The van der Waals surface area contributed by atoms with Gasteiger partial charge >= 0.3 is 6.18 Å². The molecule has 1 aliphatic carbocycles. The highest BCUT2D eigenvalue weighted by molar-refractivity contribution is 5.93. The maximum Gasteiger partial charge on any atom is 0.391 e. The summed E-state index contributed by atoms with van der Waals surface area (Å²) in [6.45, 7) is 1.69. The molecule has 2 rings (SSSR count). The van der Waals surface area contributed by atoms with Gasteiger partial charge in [-0.3, -0.25) is 4.79 Å². The molecule has 1 fully saturated rings. The molecule has 1 heterocycles. The second kappa shape index (κ2) is 9.91. The minimum Gasteiger partial charge on any atom is -0.495 e. The first-order valence-corrected chi connectivity index (χ1v) is 9.49. The molecule has 1 aromatic heterocycles. The lowest BCUT2D eigenvalue weighted by Crippen LogP contribution is -2.37. The van der Waals surface area contributed by atoms with Gasteiger partial charge in [0.05, 0.1) is 31.9 Å². The smallest absolute Gasteiger partial charge is 0.391 e. The van der Waals surface area contributed by atoms with Crippen LogP contribution in [-0.2, 0) is 0 Å². The molecule has 0 spiro atoms. The summed E-state index contributed by atoms with van der Waals surface area (Å²) in [6.07, 6.45) is 2.81. The van der Waals surface area contributed by atoms with E-state index in [1.807, 2.05) is 13.0 Å². The number of amides is 1. The highest BCUT2D eigenvalue weighted by Gasteiger charge is 2.40. The van der Waals surface area contributed by atoms with Crippen molar-refractivity contribution < 1.29 is 27.8 Å². The summed E-state index contributed by atoms with van der Waals surface area (Å²) in [5.74, 6) is -1.07. The van der Waals surface area contributed by atoms with Gasteiger partial charge < -0.3 is 15.2 Å². The van der Waals surface area contributed by atoms with E-state index < -0.39 is 18.0 Å². The van der Waals surface area contributed by atoms with E-state index in [0.717, 1.165) is 0 Å². The Kier molecular flexibility index (Phi) is 7.86. The van der Waals surface area contributed by atoms with Gasteiger partial charge in [-0.1, -0.05) is 19.1 Å². The van der Waals surface area contributed by atoms with Crippen molar-refractivity contribution in [3.63, 3.8) is 0 Å². The highest BCUT2D eigenvalue weighted by Crippen LogP contribution is 2.40. The second-order valence-electron chi connectivity index (χ2n) is 7.09. The number of nitrogens with one attached hydrogen (secondary N) is 1. The first-order chi connectivity index (χ1) is 13.3. The molecule has 1 atom stereocenters. The maximum atomic E-state index is 12.8. The third-order valence-corrected chi connectivity index (χ3v) is 5.18. The monoisotopic (exact) mass is 400 g/mol. The van der Waals surface area contributed by atoms with Crippen LogP contribution in [0.15, 0.2) is 18.3 Å². The van der Waals surface area contributed by atoms with Crippen LogP contribution < -0.4 is 10.1 Å². The third-order valence-electron chi connectivity index (χ3n) is 5.18. The lowest BCUT2D eigenvalue weighted by molar-refractivity contribution is -0.183. The van der Waals surface area contributed by atoms with Gasteiger partial charge in [0.25, 0.3) is 5.91 Å². The fourth-order valence-corrected chi connectivity index (χ4v) is 3.30. The highest BCUT2D eigenvalue weighted by atomic mass is 19.4. The zero-order valence-electron chi connectivity index (χ0n) is 16.1. The Morgan fingerprint density at radius 2 is 2.07 bits per heavy atom. The lowest BCUT2D eigenvalue weighted by Gasteiger charge is -2.28. The number of nitrogens with zero attached hydrogens (tertiary/aromatic N) is 1. The van der Waals surface area contributed by atoms with Gasteiger partial charge in [0.1, 0.15) is 11.4 Å². The van der Waals surface area contributed by atoms with Crippen molar-refractivity contribution in [2.45, 2.75) is 51.2 Å². The minimum absolute atomic E-state index is 0.0626. The SMILES string of the molecule is CCC(CO)NC(=O)c1cc(/C=C/C2CCC(C(F)(F)F)CC2)c(OC)cn1. The van der Waals surface area contributed by atoms with Gasteiger partial charge in [-0.2, -0.15) is 13.2 Å². The number of hydrogen-bond donors (Lipinski definition) is 2. The molecule has 8 heteroatoms. The number of carbonyl (C=O) groups is 1.